The Morgan fingerprint density at radius 3 is 3.00 bits per heavy atom. The monoisotopic (exact) mass is 231 g/mol. The summed E-state index contributed by atoms with van der Waals surface area (Å²) >= 11 is 5.71. The van der Waals surface area contributed by atoms with E-state index < -0.39 is 0 Å². The molecule has 3 rings (SSSR count). The fraction of sp³-hybridized carbons (Fsp3) is 0. The highest BCUT2D eigenvalue weighted by molar-refractivity contribution is 6.28. The van der Waals surface area contributed by atoms with Crippen LogP contribution in [0.4, 0.5) is 0 Å². The summed E-state index contributed by atoms with van der Waals surface area (Å²) in [7, 11) is 0. The highest BCUT2D eigenvalue weighted by atomic mass is 35.5. The number of hydrogen-bond acceptors (Lipinski definition) is 4. The molecule has 0 aliphatic heterocycles. The van der Waals surface area contributed by atoms with Crippen molar-refractivity contribution in [3.8, 4) is 5.69 Å². The molecule has 0 radical (unpaired) electrons. The van der Waals surface area contributed by atoms with Crippen LogP contribution >= 0.6 is 11.6 Å². The predicted octanol–water partition coefficient (Wildman–Crippen LogP) is 1.86. The molecule has 0 spiro atoms. The van der Waals surface area contributed by atoms with Crippen LogP contribution in [0, 0.1) is 0 Å². The summed E-state index contributed by atoms with van der Waals surface area (Å²) < 4.78 is 1.67. The fourth-order valence-electron chi connectivity index (χ4n) is 1.48. The maximum absolute atomic E-state index is 5.71. The van der Waals surface area contributed by atoms with E-state index in [2.05, 4.69) is 20.1 Å². The van der Waals surface area contributed by atoms with Gasteiger partial charge in [0.15, 0.2) is 0 Å². The Hall–Kier alpha value is -2.01. The summed E-state index contributed by atoms with van der Waals surface area (Å²) in [5.41, 5.74) is 1.72. The Labute approximate surface area is 95.7 Å². The Balaban J connectivity index is 2.20. The Morgan fingerprint density at radius 2 is 2.19 bits per heavy atom. The van der Waals surface area contributed by atoms with E-state index in [1.807, 2.05) is 18.2 Å². The molecular formula is C10H6ClN5. The molecule has 2 heterocycles. The van der Waals surface area contributed by atoms with Crippen molar-refractivity contribution in [2.24, 2.45) is 0 Å². The highest BCUT2D eigenvalue weighted by Gasteiger charge is 2.01. The molecule has 0 unspecified atom stereocenters. The van der Waals surface area contributed by atoms with Crippen LogP contribution < -0.4 is 0 Å². The van der Waals surface area contributed by atoms with Crippen LogP contribution in [0.1, 0.15) is 0 Å². The van der Waals surface area contributed by atoms with Gasteiger partial charge in [0.2, 0.25) is 5.28 Å². The zero-order chi connectivity index (χ0) is 11.0. The fourth-order valence-corrected chi connectivity index (χ4v) is 1.62. The van der Waals surface area contributed by atoms with Crippen LogP contribution in [0.3, 0.4) is 0 Å². The summed E-state index contributed by atoms with van der Waals surface area (Å²) in [5, 5.41) is 5.21. The van der Waals surface area contributed by atoms with Crippen molar-refractivity contribution in [1.82, 2.24) is 24.7 Å². The first-order chi connectivity index (χ1) is 7.83. The standard InChI is InChI=1S/C10H6ClN5/c11-10-13-4-7-3-8(1-2-9(7)15-10)16-6-12-5-14-16/h1-6H. The summed E-state index contributed by atoms with van der Waals surface area (Å²) in [5.74, 6) is 0. The number of aromatic nitrogens is 5. The molecule has 0 bridgehead atoms. The molecule has 0 aliphatic rings. The molecule has 0 amide bonds. The van der Waals surface area contributed by atoms with Crippen molar-refractivity contribution in [1.29, 1.82) is 0 Å². The number of nitrogens with zero attached hydrogens (tertiary/aromatic N) is 5. The van der Waals surface area contributed by atoms with Crippen molar-refractivity contribution in [3.05, 3.63) is 42.3 Å². The first kappa shape index (κ1) is 9.23. The minimum Gasteiger partial charge on any atom is -0.226 e. The van der Waals surface area contributed by atoms with Gasteiger partial charge < -0.3 is 0 Å². The molecule has 1 aromatic carbocycles. The summed E-state index contributed by atoms with van der Waals surface area (Å²) in [6.07, 6.45) is 4.81. The average molecular weight is 232 g/mol. The lowest BCUT2D eigenvalue weighted by Gasteiger charge is -2.02. The quantitative estimate of drug-likeness (QED) is 0.600. The van der Waals surface area contributed by atoms with Crippen LogP contribution in [-0.2, 0) is 0 Å². The summed E-state index contributed by atoms with van der Waals surface area (Å²) in [6.45, 7) is 0. The van der Waals surface area contributed by atoms with Gasteiger partial charge in [-0.1, -0.05) is 0 Å². The molecule has 0 fully saturated rings. The summed E-state index contributed by atoms with van der Waals surface area (Å²) in [6, 6.07) is 5.71. The van der Waals surface area contributed by atoms with Crippen LogP contribution in [-0.4, -0.2) is 24.7 Å². The van der Waals surface area contributed by atoms with Gasteiger partial charge in [0.25, 0.3) is 0 Å². The van der Waals surface area contributed by atoms with E-state index in [0.717, 1.165) is 16.6 Å². The number of benzene rings is 1. The molecule has 3 aromatic rings. The number of fused-ring (bicyclic) bond motifs is 1. The third-order valence-electron chi connectivity index (χ3n) is 2.22. The van der Waals surface area contributed by atoms with Gasteiger partial charge in [-0.15, -0.1) is 0 Å². The topological polar surface area (TPSA) is 56.5 Å². The molecule has 0 atom stereocenters. The molecule has 2 aromatic heterocycles. The van der Waals surface area contributed by atoms with Crippen molar-refractivity contribution < 1.29 is 0 Å². The van der Waals surface area contributed by atoms with Crippen molar-refractivity contribution in [3.63, 3.8) is 0 Å². The van der Waals surface area contributed by atoms with Gasteiger partial charge >= 0.3 is 0 Å². The van der Waals surface area contributed by atoms with E-state index in [4.69, 9.17) is 11.6 Å². The third-order valence-corrected chi connectivity index (χ3v) is 2.40. The van der Waals surface area contributed by atoms with Gasteiger partial charge in [-0.05, 0) is 29.8 Å². The highest BCUT2D eigenvalue weighted by Crippen LogP contribution is 2.16. The molecule has 6 heteroatoms. The maximum atomic E-state index is 5.71. The molecule has 0 N–H and O–H groups in total. The average Bonchev–Trinajstić information content (AvgIpc) is 2.82. The lowest BCUT2D eigenvalue weighted by Crippen LogP contribution is -1.94. The number of rotatable bonds is 1. The van der Waals surface area contributed by atoms with Crippen LogP contribution in [0.2, 0.25) is 5.28 Å². The van der Waals surface area contributed by atoms with Gasteiger partial charge in [-0.3, -0.25) is 0 Å². The van der Waals surface area contributed by atoms with E-state index in [-0.39, 0.29) is 5.28 Å². The van der Waals surface area contributed by atoms with Crippen LogP contribution in [0.25, 0.3) is 16.6 Å². The van der Waals surface area contributed by atoms with E-state index in [0.29, 0.717) is 0 Å². The second kappa shape index (κ2) is 3.53. The zero-order valence-electron chi connectivity index (χ0n) is 8.08. The number of hydrogen-bond donors (Lipinski definition) is 0. The molecule has 5 nitrogen and oxygen atoms in total. The molecular weight excluding hydrogens is 226 g/mol. The normalized spacial score (nSPS) is 10.8. The first-order valence-corrected chi connectivity index (χ1v) is 4.98. The van der Waals surface area contributed by atoms with E-state index >= 15 is 0 Å². The van der Waals surface area contributed by atoms with E-state index in [1.54, 1.807) is 17.2 Å². The second-order valence-corrected chi connectivity index (χ2v) is 3.56. The smallest absolute Gasteiger partial charge is 0.222 e. The van der Waals surface area contributed by atoms with E-state index in [9.17, 15) is 0 Å². The molecule has 0 saturated carbocycles. The molecule has 0 aliphatic carbocycles. The Kier molecular flexibility index (Phi) is 2.04. The SMILES string of the molecule is Clc1ncc2cc(-n3cncn3)ccc2n1. The minimum absolute atomic E-state index is 0.251. The third kappa shape index (κ3) is 1.51. The number of halogens is 1. The molecule has 0 saturated heterocycles. The second-order valence-electron chi connectivity index (χ2n) is 3.22. The Morgan fingerprint density at radius 1 is 1.25 bits per heavy atom. The predicted molar refractivity (Wildman–Crippen MR) is 59.5 cm³/mol. The van der Waals surface area contributed by atoms with Gasteiger partial charge in [0.1, 0.15) is 12.7 Å². The van der Waals surface area contributed by atoms with Gasteiger partial charge in [-0.25, -0.2) is 19.6 Å². The largest absolute Gasteiger partial charge is 0.226 e. The van der Waals surface area contributed by atoms with Crippen LogP contribution in [0.15, 0.2) is 37.1 Å². The molecule has 16 heavy (non-hydrogen) atoms. The van der Waals surface area contributed by atoms with E-state index in [1.165, 1.54) is 6.33 Å². The minimum atomic E-state index is 0.251. The van der Waals surface area contributed by atoms with Gasteiger partial charge in [0.05, 0.1) is 11.2 Å². The Bertz CT molecular complexity index is 635. The first-order valence-electron chi connectivity index (χ1n) is 4.60. The zero-order valence-corrected chi connectivity index (χ0v) is 8.83. The van der Waals surface area contributed by atoms with Crippen molar-refractivity contribution in [2.75, 3.05) is 0 Å². The lowest BCUT2D eigenvalue weighted by atomic mass is 10.2. The lowest BCUT2D eigenvalue weighted by molar-refractivity contribution is 0.880. The van der Waals surface area contributed by atoms with Crippen LogP contribution in [0.5, 0.6) is 0 Å². The van der Waals surface area contributed by atoms with Crippen molar-refractivity contribution >= 4 is 22.5 Å². The van der Waals surface area contributed by atoms with Crippen molar-refractivity contribution in [2.45, 2.75) is 0 Å². The van der Waals surface area contributed by atoms with Gasteiger partial charge in [-0.2, -0.15) is 5.10 Å². The maximum Gasteiger partial charge on any atom is 0.222 e. The summed E-state index contributed by atoms with van der Waals surface area (Å²) in [4.78, 5) is 11.9. The van der Waals surface area contributed by atoms with Gasteiger partial charge in [0, 0.05) is 11.6 Å². The molecule has 78 valence electrons.